The zero-order chi connectivity index (χ0) is 14.8. The summed E-state index contributed by atoms with van der Waals surface area (Å²) in [5.41, 5.74) is 1.07. The van der Waals surface area contributed by atoms with Gasteiger partial charge >= 0.3 is 0 Å². The van der Waals surface area contributed by atoms with Crippen LogP contribution < -0.4 is 14.8 Å². The minimum absolute atomic E-state index is 0.330. The fourth-order valence-corrected chi connectivity index (χ4v) is 2.26. The Hall–Kier alpha value is -0.850. The molecule has 1 rings (SSSR count). The molecule has 0 spiro atoms. The van der Waals surface area contributed by atoms with Gasteiger partial charge in [0.2, 0.25) is 0 Å². The molecular weight excluding hydrogens is 329 g/mol. The van der Waals surface area contributed by atoms with Gasteiger partial charge in [0.05, 0.1) is 31.5 Å². The third-order valence-corrected chi connectivity index (χ3v) is 3.21. The SMILES string of the molecule is COCCNCc1cc(Br)c(OCCCF)c(OC)c1. The Labute approximate surface area is 127 Å². The van der Waals surface area contributed by atoms with Crippen molar-refractivity contribution in [2.24, 2.45) is 0 Å². The van der Waals surface area contributed by atoms with Gasteiger partial charge in [-0.05, 0) is 33.6 Å². The first-order valence-electron chi connectivity index (χ1n) is 6.47. The average molecular weight is 350 g/mol. The van der Waals surface area contributed by atoms with Crippen LogP contribution in [0.3, 0.4) is 0 Å². The number of hydrogen-bond donors (Lipinski definition) is 1. The molecule has 20 heavy (non-hydrogen) atoms. The first kappa shape index (κ1) is 17.2. The van der Waals surface area contributed by atoms with Gasteiger partial charge in [-0.3, -0.25) is 4.39 Å². The first-order valence-corrected chi connectivity index (χ1v) is 7.27. The van der Waals surface area contributed by atoms with Crippen LogP contribution in [0.15, 0.2) is 16.6 Å². The first-order chi connectivity index (χ1) is 9.72. The molecule has 0 bridgehead atoms. The monoisotopic (exact) mass is 349 g/mol. The van der Waals surface area contributed by atoms with Gasteiger partial charge in [-0.25, -0.2) is 0 Å². The topological polar surface area (TPSA) is 39.7 Å². The van der Waals surface area contributed by atoms with Crippen LogP contribution in [0.1, 0.15) is 12.0 Å². The number of hydrogen-bond acceptors (Lipinski definition) is 4. The lowest BCUT2D eigenvalue weighted by Crippen LogP contribution is -2.18. The lowest BCUT2D eigenvalue weighted by molar-refractivity contribution is 0.199. The highest BCUT2D eigenvalue weighted by Crippen LogP contribution is 2.36. The molecule has 6 heteroatoms. The van der Waals surface area contributed by atoms with Gasteiger partial charge in [-0.1, -0.05) is 0 Å². The molecule has 0 aliphatic carbocycles. The van der Waals surface area contributed by atoms with Crippen molar-refractivity contribution in [2.45, 2.75) is 13.0 Å². The van der Waals surface area contributed by atoms with Crippen molar-refractivity contribution in [3.63, 3.8) is 0 Å². The fourth-order valence-electron chi connectivity index (χ4n) is 1.65. The Kier molecular flexibility index (Phi) is 8.57. The molecule has 0 saturated carbocycles. The summed E-state index contributed by atoms with van der Waals surface area (Å²) in [7, 11) is 3.26. The van der Waals surface area contributed by atoms with Crippen molar-refractivity contribution >= 4 is 15.9 Å². The van der Waals surface area contributed by atoms with Gasteiger partial charge in [0.25, 0.3) is 0 Å². The number of alkyl halides is 1. The fraction of sp³-hybridized carbons (Fsp3) is 0.571. The Morgan fingerprint density at radius 1 is 1.25 bits per heavy atom. The Balaban J connectivity index is 2.68. The van der Waals surface area contributed by atoms with Crippen LogP contribution in [0.25, 0.3) is 0 Å². The number of methoxy groups -OCH3 is 2. The molecule has 1 aromatic carbocycles. The normalized spacial score (nSPS) is 10.6. The van der Waals surface area contributed by atoms with E-state index in [9.17, 15) is 4.39 Å². The molecule has 1 aromatic rings. The number of nitrogens with one attached hydrogen (secondary N) is 1. The summed E-state index contributed by atoms with van der Waals surface area (Å²) in [6, 6.07) is 3.88. The molecule has 0 atom stereocenters. The molecule has 0 radical (unpaired) electrons. The predicted molar refractivity (Wildman–Crippen MR) is 80.4 cm³/mol. The zero-order valence-corrected chi connectivity index (χ0v) is 13.5. The molecule has 0 amide bonds. The van der Waals surface area contributed by atoms with E-state index in [0.29, 0.717) is 37.7 Å². The largest absolute Gasteiger partial charge is 0.493 e. The van der Waals surface area contributed by atoms with Crippen LogP contribution in [0.5, 0.6) is 11.5 Å². The van der Waals surface area contributed by atoms with Crippen molar-refractivity contribution < 1.29 is 18.6 Å². The minimum Gasteiger partial charge on any atom is -0.493 e. The molecule has 0 unspecified atom stereocenters. The molecule has 0 heterocycles. The summed E-state index contributed by atoms with van der Waals surface area (Å²) in [4.78, 5) is 0. The lowest BCUT2D eigenvalue weighted by atomic mass is 10.2. The summed E-state index contributed by atoms with van der Waals surface area (Å²) in [6.07, 6.45) is 0.371. The second-order valence-electron chi connectivity index (χ2n) is 4.17. The molecule has 0 saturated heterocycles. The van der Waals surface area contributed by atoms with Crippen LogP contribution in [-0.4, -0.2) is 40.7 Å². The lowest BCUT2D eigenvalue weighted by Gasteiger charge is -2.14. The van der Waals surface area contributed by atoms with E-state index < -0.39 is 0 Å². The van der Waals surface area contributed by atoms with Crippen LogP contribution in [0.4, 0.5) is 4.39 Å². The second kappa shape index (κ2) is 9.96. The minimum atomic E-state index is -0.387. The molecule has 0 fully saturated rings. The Morgan fingerprint density at radius 2 is 2.05 bits per heavy atom. The molecule has 4 nitrogen and oxygen atoms in total. The van der Waals surface area contributed by atoms with Crippen molar-refractivity contribution in [2.75, 3.05) is 40.7 Å². The van der Waals surface area contributed by atoms with Gasteiger partial charge in [0.15, 0.2) is 11.5 Å². The third-order valence-electron chi connectivity index (χ3n) is 2.63. The number of ether oxygens (including phenoxy) is 3. The van der Waals surface area contributed by atoms with Crippen LogP contribution in [-0.2, 0) is 11.3 Å². The summed E-state index contributed by atoms with van der Waals surface area (Å²) in [5.74, 6) is 1.25. The number of benzene rings is 1. The third kappa shape index (κ3) is 5.64. The van der Waals surface area contributed by atoms with E-state index >= 15 is 0 Å². The highest BCUT2D eigenvalue weighted by molar-refractivity contribution is 9.10. The van der Waals surface area contributed by atoms with Crippen molar-refractivity contribution in [3.8, 4) is 11.5 Å². The zero-order valence-electron chi connectivity index (χ0n) is 11.9. The number of rotatable bonds is 10. The maximum Gasteiger partial charge on any atom is 0.175 e. The summed E-state index contributed by atoms with van der Waals surface area (Å²) >= 11 is 3.46. The second-order valence-corrected chi connectivity index (χ2v) is 5.02. The Bertz CT molecular complexity index is 404. The van der Waals surface area contributed by atoms with Crippen LogP contribution in [0.2, 0.25) is 0 Å². The Morgan fingerprint density at radius 3 is 2.70 bits per heavy atom. The summed E-state index contributed by atoms with van der Waals surface area (Å²) in [5, 5.41) is 3.26. The van der Waals surface area contributed by atoms with E-state index in [1.807, 2.05) is 12.1 Å². The van der Waals surface area contributed by atoms with Gasteiger partial charge in [0.1, 0.15) is 0 Å². The molecule has 0 aliphatic heterocycles. The molecule has 1 N–H and O–H groups in total. The van der Waals surface area contributed by atoms with E-state index in [0.717, 1.165) is 16.6 Å². The van der Waals surface area contributed by atoms with Crippen LogP contribution in [0, 0.1) is 0 Å². The molecule has 114 valence electrons. The van der Waals surface area contributed by atoms with E-state index in [-0.39, 0.29) is 6.67 Å². The quantitative estimate of drug-likeness (QED) is 0.659. The maximum atomic E-state index is 12.1. The number of halogens is 2. The molecular formula is C14H21BrFNO3. The summed E-state index contributed by atoms with van der Waals surface area (Å²) < 4.78 is 28.8. The predicted octanol–water partition coefficient (Wildman–Crippen LogP) is 2.93. The maximum absolute atomic E-state index is 12.1. The molecule has 0 aromatic heterocycles. The van der Waals surface area contributed by atoms with Crippen molar-refractivity contribution in [1.82, 2.24) is 5.32 Å². The van der Waals surface area contributed by atoms with Gasteiger partial charge in [0, 0.05) is 26.6 Å². The summed E-state index contributed by atoms with van der Waals surface area (Å²) in [6.45, 7) is 2.11. The van der Waals surface area contributed by atoms with Gasteiger partial charge in [-0.2, -0.15) is 0 Å². The van der Waals surface area contributed by atoms with E-state index in [2.05, 4.69) is 21.2 Å². The van der Waals surface area contributed by atoms with Gasteiger partial charge < -0.3 is 19.5 Å². The van der Waals surface area contributed by atoms with E-state index in [1.54, 1.807) is 14.2 Å². The average Bonchev–Trinajstić information content (AvgIpc) is 2.45. The standard InChI is InChI=1S/C14H21BrFNO3/c1-18-7-5-17-10-11-8-12(15)14(13(9-11)19-2)20-6-3-4-16/h8-9,17H,3-7,10H2,1-2H3. The van der Waals surface area contributed by atoms with Gasteiger partial charge in [-0.15, -0.1) is 0 Å². The van der Waals surface area contributed by atoms with Crippen molar-refractivity contribution in [1.29, 1.82) is 0 Å². The molecule has 0 aliphatic rings. The smallest absolute Gasteiger partial charge is 0.175 e. The highest BCUT2D eigenvalue weighted by atomic mass is 79.9. The van der Waals surface area contributed by atoms with E-state index in [1.165, 1.54) is 0 Å². The van der Waals surface area contributed by atoms with Crippen LogP contribution >= 0.6 is 15.9 Å². The van der Waals surface area contributed by atoms with E-state index in [4.69, 9.17) is 14.2 Å². The highest BCUT2D eigenvalue weighted by Gasteiger charge is 2.11. The van der Waals surface area contributed by atoms with Crippen molar-refractivity contribution in [3.05, 3.63) is 22.2 Å².